The second-order valence-corrected chi connectivity index (χ2v) is 4.08. The van der Waals surface area contributed by atoms with Crippen LogP contribution in [0.1, 0.15) is 22.8 Å². The Balaban J connectivity index is 2.27. The number of benzene rings is 2. The van der Waals surface area contributed by atoms with Crippen molar-refractivity contribution in [3.63, 3.8) is 0 Å². The third-order valence-electron chi connectivity index (χ3n) is 2.72. The predicted octanol–water partition coefficient (Wildman–Crippen LogP) is 3.93. The minimum absolute atomic E-state index is 0.276. The van der Waals surface area contributed by atoms with Crippen molar-refractivity contribution < 1.29 is 22.7 Å². The fourth-order valence-corrected chi connectivity index (χ4v) is 1.72. The van der Waals surface area contributed by atoms with E-state index in [1.165, 1.54) is 30.3 Å². The maximum Gasteiger partial charge on any atom is 0.416 e. The van der Waals surface area contributed by atoms with Crippen LogP contribution in [-0.4, -0.2) is 5.11 Å². The fraction of sp³-hybridized carbons (Fsp3) is 0.143. The van der Waals surface area contributed by atoms with E-state index in [9.17, 15) is 22.7 Å². The van der Waals surface area contributed by atoms with Gasteiger partial charge in [0.15, 0.2) is 0 Å². The highest BCUT2D eigenvalue weighted by atomic mass is 19.4. The third-order valence-corrected chi connectivity index (χ3v) is 2.72. The molecule has 2 aromatic rings. The Morgan fingerprint density at radius 3 is 2.05 bits per heavy atom. The highest BCUT2D eigenvalue weighted by Crippen LogP contribution is 2.31. The summed E-state index contributed by atoms with van der Waals surface area (Å²) in [6.07, 6.45) is -5.57. The number of aliphatic hydroxyl groups is 1. The number of halogens is 4. The van der Waals surface area contributed by atoms with Crippen molar-refractivity contribution in [3.05, 3.63) is 71.0 Å². The largest absolute Gasteiger partial charge is 0.416 e. The Kier molecular flexibility index (Phi) is 3.57. The zero-order chi connectivity index (χ0) is 14.0. The summed E-state index contributed by atoms with van der Waals surface area (Å²) in [5, 5.41) is 9.96. The molecule has 5 heteroatoms. The van der Waals surface area contributed by atoms with Gasteiger partial charge in [0.1, 0.15) is 11.9 Å². The Morgan fingerprint density at radius 1 is 0.895 bits per heavy atom. The first-order valence-electron chi connectivity index (χ1n) is 5.48. The van der Waals surface area contributed by atoms with Crippen molar-refractivity contribution in [1.82, 2.24) is 0 Å². The monoisotopic (exact) mass is 270 g/mol. The molecule has 0 heterocycles. The van der Waals surface area contributed by atoms with Crippen molar-refractivity contribution >= 4 is 0 Å². The average molecular weight is 270 g/mol. The van der Waals surface area contributed by atoms with Gasteiger partial charge in [-0.2, -0.15) is 13.2 Å². The Hall–Kier alpha value is -1.88. The number of alkyl halides is 3. The van der Waals surface area contributed by atoms with E-state index in [0.29, 0.717) is 5.56 Å². The van der Waals surface area contributed by atoms with Crippen LogP contribution in [0.25, 0.3) is 0 Å². The normalized spacial score (nSPS) is 13.3. The van der Waals surface area contributed by atoms with E-state index >= 15 is 0 Å². The van der Waals surface area contributed by atoms with Gasteiger partial charge in [0.05, 0.1) is 5.56 Å². The highest BCUT2D eigenvalue weighted by molar-refractivity contribution is 5.32. The summed E-state index contributed by atoms with van der Waals surface area (Å²) in [6.45, 7) is 0. The van der Waals surface area contributed by atoms with Gasteiger partial charge in [0.25, 0.3) is 0 Å². The first-order chi connectivity index (χ1) is 8.88. The summed E-state index contributed by atoms with van der Waals surface area (Å²) in [7, 11) is 0. The summed E-state index contributed by atoms with van der Waals surface area (Å²) in [4.78, 5) is 0. The lowest BCUT2D eigenvalue weighted by Gasteiger charge is -2.13. The van der Waals surface area contributed by atoms with Crippen LogP contribution in [0.2, 0.25) is 0 Å². The van der Waals surface area contributed by atoms with E-state index in [1.807, 2.05) is 0 Å². The van der Waals surface area contributed by atoms with Crippen molar-refractivity contribution in [1.29, 1.82) is 0 Å². The molecule has 0 aliphatic rings. The molecule has 0 spiro atoms. The molecule has 1 unspecified atom stereocenters. The van der Waals surface area contributed by atoms with Crippen LogP contribution in [0.4, 0.5) is 17.6 Å². The molecular formula is C14H10F4O. The minimum Gasteiger partial charge on any atom is -0.384 e. The van der Waals surface area contributed by atoms with Crippen molar-refractivity contribution in [2.75, 3.05) is 0 Å². The lowest BCUT2D eigenvalue weighted by molar-refractivity contribution is -0.137. The van der Waals surface area contributed by atoms with Gasteiger partial charge in [-0.05, 0) is 35.4 Å². The Labute approximate surface area is 107 Å². The highest BCUT2D eigenvalue weighted by Gasteiger charge is 2.30. The molecule has 2 aromatic carbocycles. The maximum atomic E-state index is 13.0. The van der Waals surface area contributed by atoms with Gasteiger partial charge in [-0.3, -0.25) is 0 Å². The van der Waals surface area contributed by atoms with Gasteiger partial charge in [-0.1, -0.05) is 24.3 Å². The fourth-order valence-electron chi connectivity index (χ4n) is 1.72. The molecule has 1 nitrogen and oxygen atoms in total. The van der Waals surface area contributed by atoms with Crippen molar-refractivity contribution in [3.8, 4) is 0 Å². The SMILES string of the molecule is OC(c1ccc(C(F)(F)F)cc1)c1cccc(F)c1. The van der Waals surface area contributed by atoms with Crippen LogP contribution < -0.4 is 0 Å². The van der Waals surface area contributed by atoms with E-state index < -0.39 is 23.7 Å². The molecule has 2 rings (SSSR count). The van der Waals surface area contributed by atoms with Crippen LogP contribution in [-0.2, 0) is 6.18 Å². The van der Waals surface area contributed by atoms with Gasteiger partial charge in [-0.15, -0.1) is 0 Å². The van der Waals surface area contributed by atoms with Crippen molar-refractivity contribution in [2.45, 2.75) is 12.3 Å². The molecule has 1 N–H and O–H groups in total. The summed E-state index contributed by atoms with van der Waals surface area (Å²) in [6, 6.07) is 9.43. The third kappa shape index (κ3) is 3.12. The zero-order valence-electron chi connectivity index (χ0n) is 9.66. The molecule has 0 aromatic heterocycles. The Morgan fingerprint density at radius 2 is 1.53 bits per heavy atom. The molecular weight excluding hydrogens is 260 g/mol. The van der Waals surface area contributed by atoms with Gasteiger partial charge >= 0.3 is 6.18 Å². The smallest absolute Gasteiger partial charge is 0.384 e. The molecule has 0 saturated carbocycles. The molecule has 100 valence electrons. The van der Waals surface area contributed by atoms with E-state index in [-0.39, 0.29) is 5.56 Å². The van der Waals surface area contributed by atoms with Crippen LogP contribution >= 0.6 is 0 Å². The molecule has 0 saturated heterocycles. The Bertz CT molecular complexity index is 560. The number of aliphatic hydroxyl groups excluding tert-OH is 1. The topological polar surface area (TPSA) is 20.2 Å². The molecule has 0 fully saturated rings. The predicted molar refractivity (Wildman–Crippen MR) is 61.9 cm³/mol. The molecule has 1 atom stereocenters. The molecule has 19 heavy (non-hydrogen) atoms. The minimum atomic E-state index is -4.41. The second-order valence-electron chi connectivity index (χ2n) is 4.08. The standard InChI is InChI=1S/C14H10F4O/c15-12-3-1-2-10(8-12)13(19)9-4-6-11(7-5-9)14(16,17)18/h1-8,13,19H. The average Bonchev–Trinajstić information content (AvgIpc) is 2.37. The van der Waals surface area contributed by atoms with Crippen LogP contribution in [0.15, 0.2) is 48.5 Å². The molecule has 0 amide bonds. The van der Waals surface area contributed by atoms with E-state index in [4.69, 9.17) is 0 Å². The van der Waals surface area contributed by atoms with Crippen LogP contribution in [0.3, 0.4) is 0 Å². The zero-order valence-corrected chi connectivity index (χ0v) is 9.66. The van der Waals surface area contributed by atoms with E-state index in [0.717, 1.165) is 18.2 Å². The first kappa shape index (κ1) is 13.5. The van der Waals surface area contributed by atoms with Gasteiger partial charge in [-0.25, -0.2) is 4.39 Å². The molecule has 0 radical (unpaired) electrons. The summed E-state index contributed by atoms with van der Waals surface area (Å²) >= 11 is 0. The molecule has 0 aliphatic carbocycles. The number of hydrogen-bond acceptors (Lipinski definition) is 1. The summed E-state index contributed by atoms with van der Waals surface area (Å²) in [5.41, 5.74) is -0.221. The van der Waals surface area contributed by atoms with Gasteiger partial charge in [0, 0.05) is 0 Å². The first-order valence-corrected chi connectivity index (χ1v) is 5.48. The molecule has 0 aliphatic heterocycles. The maximum absolute atomic E-state index is 13.0. The summed E-state index contributed by atoms with van der Waals surface area (Å²) in [5.74, 6) is -0.511. The second kappa shape index (κ2) is 5.01. The lowest BCUT2D eigenvalue weighted by atomic mass is 10.0. The van der Waals surface area contributed by atoms with E-state index in [1.54, 1.807) is 0 Å². The number of rotatable bonds is 2. The van der Waals surface area contributed by atoms with Gasteiger partial charge in [0.2, 0.25) is 0 Å². The number of hydrogen-bond donors (Lipinski definition) is 1. The van der Waals surface area contributed by atoms with Crippen molar-refractivity contribution in [2.24, 2.45) is 0 Å². The van der Waals surface area contributed by atoms with Gasteiger partial charge < -0.3 is 5.11 Å². The molecule has 0 bridgehead atoms. The van der Waals surface area contributed by atoms with Crippen LogP contribution in [0.5, 0.6) is 0 Å². The van der Waals surface area contributed by atoms with E-state index in [2.05, 4.69) is 0 Å². The summed E-state index contributed by atoms with van der Waals surface area (Å²) < 4.78 is 50.2. The van der Waals surface area contributed by atoms with Crippen LogP contribution in [0, 0.1) is 5.82 Å². The quantitative estimate of drug-likeness (QED) is 0.820. The lowest BCUT2D eigenvalue weighted by Crippen LogP contribution is -2.06.